The second-order valence-electron chi connectivity index (χ2n) is 5.33. The summed E-state index contributed by atoms with van der Waals surface area (Å²) < 4.78 is 5.66. The van der Waals surface area contributed by atoms with Crippen molar-refractivity contribution in [3.63, 3.8) is 0 Å². The van der Waals surface area contributed by atoms with Gasteiger partial charge in [0.2, 0.25) is 11.8 Å². The molecule has 3 rings (SSSR count). The number of anilines is 1. The van der Waals surface area contributed by atoms with Crippen molar-refractivity contribution < 1.29 is 9.53 Å². The summed E-state index contributed by atoms with van der Waals surface area (Å²) in [5.41, 5.74) is 4.54. The molecule has 0 aliphatic rings. The molecule has 0 fully saturated rings. The minimum absolute atomic E-state index is 0.0307. The Morgan fingerprint density at radius 1 is 1.17 bits per heavy atom. The van der Waals surface area contributed by atoms with Crippen LogP contribution in [0.5, 0.6) is 11.6 Å². The van der Waals surface area contributed by atoms with Gasteiger partial charge >= 0.3 is 0 Å². The Labute approximate surface area is 144 Å². The molecule has 0 saturated heterocycles. The van der Waals surface area contributed by atoms with Crippen LogP contribution in [0.2, 0.25) is 0 Å². The lowest BCUT2D eigenvalue weighted by molar-refractivity contribution is -0.116. The van der Waals surface area contributed by atoms with Crippen LogP contribution >= 0.6 is 11.3 Å². The highest BCUT2D eigenvalue weighted by atomic mass is 32.1. The average molecular weight is 339 g/mol. The second-order valence-corrected chi connectivity index (χ2v) is 6.05. The number of benzene rings is 1. The molecule has 0 radical (unpaired) electrons. The van der Waals surface area contributed by atoms with E-state index in [9.17, 15) is 4.79 Å². The van der Waals surface area contributed by atoms with Gasteiger partial charge in [0.25, 0.3) is 0 Å². The average Bonchev–Trinajstić information content (AvgIpc) is 3.10. The Morgan fingerprint density at radius 2 is 2.00 bits per heavy atom. The summed E-state index contributed by atoms with van der Waals surface area (Å²) >= 11 is 1.54. The Balaban J connectivity index is 1.52. The Morgan fingerprint density at radius 3 is 2.67 bits per heavy atom. The zero-order valence-corrected chi connectivity index (χ0v) is 14.0. The topological polar surface area (TPSA) is 64.1 Å². The molecule has 122 valence electrons. The predicted molar refractivity (Wildman–Crippen MR) is 94.6 cm³/mol. The molecule has 0 saturated carbocycles. The lowest BCUT2D eigenvalue weighted by Gasteiger charge is -2.07. The fourth-order valence-electron chi connectivity index (χ4n) is 2.07. The van der Waals surface area contributed by atoms with Crippen molar-refractivity contribution >= 4 is 22.9 Å². The maximum Gasteiger partial charge on any atom is 0.224 e. The zero-order valence-electron chi connectivity index (χ0n) is 13.2. The van der Waals surface area contributed by atoms with E-state index in [4.69, 9.17) is 4.74 Å². The summed E-state index contributed by atoms with van der Waals surface area (Å²) in [6.07, 6.45) is 2.82. The van der Waals surface area contributed by atoms with Crippen molar-refractivity contribution in [3.05, 3.63) is 64.7 Å². The smallest absolute Gasteiger partial charge is 0.224 e. The molecule has 0 unspecified atom stereocenters. The molecule has 3 aromatic rings. The molecule has 2 heterocycles. The number of carbonyl (C=O) groups is 1. The molecule has 0 atom stereocenters. The third-order valence-corrected chi connectivity index (χ3v) is 3.97. The van der Waals surface area contributed by atoms with Gasteiger partial charge < -0.3 is 10.1 Å². The molecule has 24 heavy (non-hydrogen) atoms. The molecular formula is C18H17N3O2S. The largest absolute Gasteiger partial charge is 0.439 e. The van der Waals surface area contributed by atoms with Crippen molar-refractivity contribution in [2.45, 2.75) is 19.8 Å². The summed E-state index contributed by atoms with van der Waals surface area (Å²) in [6, 6.07) is 11.0. The summed E-state index contributed by atoms with van der Waals surface area (Å²) in [7, 11) is 0. The van der Waals surface area contributed by atoms with Gasteiger partial charge in [-0.3, -0.25) is 4.79 Å². The molecule has 1 amide bonds. The first-order chi connectivity index (χ1) is 11.7. The monoisotopic (exact) mass is 339 g/mol. The van der Waals surface area contributed by atoms with E-state index in [0.717, 1.165) is 16.9 Å². The summed E-state index contributed by atoms with van der Waals surface area (Å²) in [5.74, 6) is 1.18. The summed E-state index contributed by atoms with van der Waals surface area (Å²) in [5, 5.41) is 4.83. The van der Waals surface area contributed by atoms with Gasteiger partial charge in [-0.05, 0) is 43.2 Å². The Bertz CT molecular complexity index is 784. The number of pyridine rings is 1. The van der Waals surface area contributed by atoms with Crippen molar-refractivity contribution in [2.24, 2.45) is 0 Å². The molecule has 0 aliphatic heterocycles. The van der Waals surface area contributed by atoms with Gasteiger partial charge in [-0.2, -0.15) is 0 Å². The number of hydrogen-bond acceptors (Lipinski definition) is 5. The first kappa shape index (κ1) is 16.1. The van der Waals surface area contributed by atoms with Gasteiger partial charge in [-0.25, -0.2) is 9.97 Å². The fraction of sp³-hybridized carbons (Fsp3) is 0.167. The number of rotatable bonds is 6. The maximum absolute atomic E-state index is 11.9. The van der Waals surface area contributed by atoms with E-state index in [2.05, 4.69) is 15.3 Å². The highest BCUT2D eigenvalue weighted by Gasteiger charge is 2.05. The van der Waals surface area contributed by atoms with Gasteiger partial charge in [0.15, 0.2) is 0 Å². The molecule has 5 nitrogen and oxygen atoms in total. The minimum Gasteiger partial charge on any atom is -0.439 e. The summed E-state index contributed by atoms with van der Waals surface area (Å²) in [4.78, 5) is 20.3. The lowest BCUT2D eigenvalue weighted by atomic mass is 10.2. The van der Waals surface area contributed by atoms with Crippen LogP contribution in [-0.2, 0) is 11.2 Å². The van der Waals surface area contributed by atoms with Crippen LogP contribution in [0.3, 0.4) is 0 Å². The van der Waals surface area contributed by atoms with E-state index < -0.39 is 0 Å². The molecule has 0 bridgehead atoms. The SMILES string of the molecule is Cc1ccc(Oc2ccc(NC(=O)CCc3cscn3)cc2)nc1. The van der Waals surface area contributed by atoms with Crippen LogP contribution in [0.25, 0.3) is 0 Å². The van der Waals surface area contributed by atoms with E-state index in [1.54, 1.807) is 23.8 Å². The number of nitrogens with zero attached hydrogens (tertiary/aromatic N) is 2. The second kappa shape index (κ2) is 7.70. The van der Waals surface area contributed by atoms with Crippen molar-refractivity contribution in [1.82, 2.24) is 9.97 Å². The van der Waals surface area contributed by atoms with Crippen LogP contribution < -0.4 is 10.1 Å². The molecule has 0 spiro atoms. The first-order valence-electron chi connectivity index (χ1n) is 7.56. The first-order valence-corrected chi connectivity index (χ1v) is 8.51. The molecule has 2 aromatic heterocycles. The Hall–Kier alpha value is -2.73. The van der Waals surface area contributed by atoms with Gasteiger partial charge in [0, 0.05) is 29.8 Å². The molecular weight excluding hydrogens is 322 g/mol. The maximum atomic E-state index is 11.9. The van der Waals surface area contributed by atoms with Crippen LogP contribution in [0.4, 0.5) is 5.69 Å². The van der Waals surface area contributed by atoms with Crippen LogP contribution in [-0.4, -0.2) is 15.9 Å². The number of aryl methyl sites for hydroxylation is 2. The predicted octanol–water partition coefficient (Wildman–Crippen LogP) is 4.21. The highest BCUT2D eigenvalue weighted by Crippen LogP contribution is 2.21. The Kier molecular flexibility index (Phi) is 5.18. The standard InChI is InChI=1S/C18H17N3O2S/c1-13-2-9-18(19-10-13)23-16-6-3-14(4-7-16)21-17(22)8-5-15-11-24-12-20-15/h2-4,6-7,9-12H,5,8H2,1H3,(H,21,22). The lowest BCUT2D eigenvalue weighted by Crippen LogP contribution is -2.12. The van der Waals surface area contributed by atoms with Crippen molar-refractivity contribution in [2.75, 3.05) is 5.32 Å². The van der Waals surface area contributed by atoms with Gasteiger partial charge in [-0.1, -0.05) is 6.07 Å². The van der Waals surface area contributed by atoms with E-state index in [1.165, 1.54) is 11.3 Å². The molecule has 0 aliphatic carbocycles. The van der Waals surface area contributed by atoms with E-state index in [1.807, 2.05) is 36.6 Å². The molecule has 6 heteroatoms. The molecule has 1 aromatic carbocycles. The van der Waals surface area contributed by atoms with Crippen LogP contribution in [0.15, 0.2) is 53.5 Å². The summed E-state index contributed by atoms with van der Waals surface area (Å²) in [6.45, 7) is 1.97. The third-order valence-electron chi connectivity index (χ3n) is 3.34. The zero-order chi connectivity index (χ0) is 16.8. The van der Waals surface area contributed by atoms with E-state index >= 15 is 0 Å². The van der Waals surface area contributed by atoms with Crippen LogP contribution in [0.1, 0.15) is 17.7 Å². The quantitative estimate of drug-likeness (QED) is 0.730. The van der Waals surface area contributed by atoms with Crippen molar-refractivity contribution in [3.8, 4) is 11.6 Å². The minimum atomic E-state index is -0.0307. The number of nitrogens with one attached hydrogen (secondary N) is 1. The van der Waals surface area contributed by atoms with E-state index in [0.29, 0.717) is 24.5 Å². The van der Waals surface area contributed by atoms with Crippen LogP contribution in [0, 0.1) is 6.92 Å². The highest BCUT2D eigenvalue weighted by molar-refractivity contribution is 7.07. The number of aromatic nitrogens is 2. The normalized spacial score (nSPS) is 10.4. The van der Waals surface area contributed by atoms with Gasteiger partial charge in [0.1, 0.15) is 5.75 Å². The number of thiazole rings is 1. The van der Waals surface area contributed by atoms with E-state index in [-0.39, 0.29) is 5.91 Å². The number of hydrogen-bond donors (Lipinski definition) is 1. The number of carbonyl (C=O) groups excluding carboxylic acids is 1. The number of amides is 1. The number of ether oxygens (including phenoxy) is 1. The van der Waals surface area contributed by atoms with Gasteiger partial charge in [0.05, 0.1) is 11.2 Å². The molecule has 1 N–H and O–H groups in total. The van der Waals surface area contributed by atoms with Crippen molar-refractivity contribution in [1.29, 1.82) is 0 Å². The van der Waals surface area contributed by atoms with Gasteiger partial charge in [-0.15, -0.1) is 11.3 Å². The third kappa shape index (κ3) is 4.63. The fourth-order valence-corrected chi connectivity index (χ4v) is 2.66.